The smallest absolute Gasteiger partial charge is 0.273 e. The van der Waals surface area contributed by atoms with Gasteiger partial charge in [0, 0.05) is 30.2 Å². The van der Waals surface area contributed by atoms with Crippen LogP contribution in [0.25, 0.3) is 11.1 Å². The minimum absolute atomic E-state index is 0.0593. The molecule has 4 aromatic rings. The van der Waals surface area contributed by atoms with Crippen LogP contribution in [-0.4, -0.2) is 34.9 Å². The highest BCUT2D eigenvalue weighted by Gasteiger charge is 2.29. The lowest BCUT2D eigenvalue weighted by atomic mass is 10.0. The number of aromatic nitrogens is 2. The summed E-state index contributed by atoms with van der Waals surface area (Å²) < 4.78 is 44.6. The standard InChI is InChI=1S/C23H17F2N3O6/c1-11-5-4-6-14(28(30)31)12(11)7-19-26-10-18-13(27-19)8-17(34-18)23(29)20-21(24)15(32-2)9-16(33-3)22(20)25/h4-6,8-10H,7H2,1-3H3. The Morgan fingerprint density at radius 1 is 1.15 bits per heavy atom. The van der Waals surface area contributed by atoms with Crippen LogP contribution in [0.4, 0.5) is 14.5 Å². The third kappa shape index (κ3) is 3.91. The molecule has 0 saturated carbocycles. The molecule has 0 atom stereocenters. The van der Waals surface area contributed by atoms with Crippen molar-refractivity contribution < 1.29 is 32.4 Å². The second kappa shape index (κ2) is 8.85. The Morgan fingerprint density at radius 2 is 1.82 bits per heavy atom. The highest BCUT2D eigenvalue weighted by atomic mass is 19.1. The molecule has 0 bridgehead atoms. The molecule has 0 radical (unpaired) electrons. The summed E-state index contributed by atoms with van der Waals surface area (Å²) in [6.45, 7) is 1.74. The Labute approximate surface area is 191 Å². The summed E-state index contributed by atoms with van der Waals surface area (Å²) in [5.74, 6) is -4.38. The van der Waals surface area contributed by atoms with E-state index in [9.17, 15) is 23.7 Å². The van der Waals surface area contributed by atoms with Gasteiger partial charge in [-0.25, -0.2) is 18.7 Å². The van der Waals surface area contributed by atoms with E-state index in [0.29, 0.717) is 11.1 Å². The van der Waals surface area contributed by atoms with Crippen molar-refractivity contribution >= 4 is 22.6 Å². The molecular formula is C23H17F2N3O6. The second-order valence-corrected chi connectivity index (χ2v) is 7.27. The number of hydrogen-bond donors (Lipinski definition) is 0. The van der Waals surface area contributed by atoms with Crippen molar-refractivity contribution in [2.75, 3.05) is 14.2 Å². The van der Waals surface area contributed by atoms with Gasteiger partial charge in [-0.1, -0.05) is 12.1 Å². The summed E-state index contributed by atoms with van der Waals surface area (Å²) in [6.07, 6.45) is 1.35. The Morgan fingerprint density at radius 3 is 2.44 bits per heavy atom. The van der Waals surface area contributed by atoms with E-state index in [2.05, 4.69) is 9.97 Å². The monoisotopic (exact) mass is 469 g/mol. The van der Waals surface area contributed by atoms with Crippen molar-refractivity contribution in [3.8, 4) is 11.5 Å². The molecule has 2 heterocycles. The fourth-order valence-electron chi connectivity index (χ4n) is 3.53. The number of nitro benzene ring substituents is 1. The number of fused-ring (bicyclic) bond motifs is 1. The molecule has 0 aliphatic carbocycles. The number of nitrogens with zero attached hydrogens (tertiary/aromatic N) is 3. The first-order valence-corrected chi connectivity index (χ1v) is 9.88. The van der Waals surface area contributed by atoms with Gasteiger partial charge in [0.05, 0.1) is 25.3 Å². The maximum Gasteiger partial charge on any atom is 0.273 e. The molecule has 9 nitrogen and oxygen atoms in total. The molecule has 0 amide bonds. The number of nitro groups is 1. The van der Waals surface area contributed by atoms with Crippen molar-refractivity contribution in [1.29, 1.82) is 0 Å². The van der Waals surface area contributed by atoms with Gasteiger partial charge in [0.25, 0.3) is 5.69 Å². The number of methoxy groups -OCH3 is 2. The molecule has 2 aromatic heterocycles. The van der Waals surface area contributed by atoms with E-state index in [0.717, 1.165) is 6.07 Å². The summed E-state index contributed by atoms with van der Waals surface area (Å²) in [4.78, 5) is 32.3. The zero-order valence-corrected chi connectivity index (χ0v) is 18.2. The number of carbonyl (C=O) groups excluding carboxylic acids is 1. The summed E-state index contributed by atoms with van der Waals surface area (Å²) >= 11 is 0. The average molecular weight is 469 g/mol. The van der Waals surface area contributed by atoms with Crippen LogP contribution < -0.4 is 9.47 Å². The third-order valence-corrected chi connectivity index (χ3v) is 5.26. The van der Waals surface area contributed by atoms with Gasteiger partial charge < -0.3 is 13.9 Å². The van der Waals surface area contributed by atoms with E-state index >= 15 is 0 Å². The van der Waals surface area contributed by atoms with Gasteiger partial charge in [0.1, 0.15) is 16.9 Å². The number of halogens is 2. The van der Waals surface area contributed by atoms with Gasteiger partial charge in [-0.3, -0.25) is 14.9 Å². The highest BCUT2D eigenvalue weighted by molar-refractivity contribution is 6.09. The van der Waals surface area contributed by atoms with Crippen LogP contribution in [-0.2, 0) is 6.42 Å². The van der Waals surface area contributed by atoms with Gasteiger partial charge in [0.15, 0.2) is 34.5 Å². The van der Waals surface area contributed by atoms with Crippen LogP contribution in [0.1, 0.15) is 33.1 Å². The first-order valence-electron chi connectivity index (χ1n) is 9.88. The predicted octanol–water partition coefficient (Wildman–Crippen LogP) is 4.56. The quantitative estimate of drug-likeness (QED) is 0.220. The molecule has 0 aliphatic rings. The summed E-state index contributed by atoms with van der Waals surface area (Å²) in [5, 5.41) is 11.4. The molecule has 34 heavy (non-hydrogen) atoms. The first-order chi connectivity index (χ1) is 16.2. The maximum absolute atomic E-state index is 14.7. The highest BCUT2D eigenvalue weighted by Crippen LogP contribution is 2.33. The topological polar surface area (TPSA) is 118 Å². The Balaban J connectivity index is 1.74. The van der Waals surface area contributed by atoms with Crippen LogP contribution >= 0.6 is 0 Å². The predicted molar refractivity (Wildman–Crippen MR) is 115 cm³/mol. The SMILES string of the molecule is COc1cc(OC)c(F)c(C(=O)c2cc3nc(Cc4c(C)cccc4[N+](=O)[O-])ncc3o2)c1F. The van der Waals surface area contributed by atoms with Crippen molar-refractivity contribution in [2.45, 2.75) is 13.3 Å². The summed E-state index contributed by atoms with van der Waals surface area (Å²) in [7, 11) is 2.34. The van der Waals surface area contributed by atoms with Gasteiger partial charge in [-0.2, -0.15) is 0 Å². The van der Waals surface area contributed by atoms with Gasteiger partial charge in [-0.15, -0.1) is 0 Å². The first kappa shape index (κ1) is 22.8. The normalized spacial score (nSPS) is 11.0. The number of ether oxygens (including phenoxy) is 2. The molecule has 174 valence electrons. The Hall–Kier alpha value is -4.41. The van der Waals surface area contributed by atoms with Crippen LogP contribution in [0.15, 0.2) is 40.9 Å². The largest absolute Gasteiger partial charge is 0.494 e. The fourth-order valence-corrected chi connectivity index (χ4v) is 3.53. The maximum atomic E-state index is 14.7. The van der Waals surface area contributed by atoms with E-state index in [1.807, 2.05) is 0 Å². The Kier molecular flexibility index (Phi) is 5.93. The second-order valence-electron chi connectivity index (χ2n) is 7.27. The summed E-state index contributed by atoms with van der Waals surface area (Å²) in [5.41, 5.74) is 0.462. The minimum atomic E-state index is -1.20. The lowest BCUT2D eigenvalue weighted by Gasteiger charge is -2.10. The molecule has 0 unspecified atom stereocenters. The number of aryl methyl sites for hydroxylation is 1. The van der Waals surface area contributed by atoms with Crippen LogP contribution in [0, 0.1) is 28.7 Å². The minimum Gasteiger partial charge on any atom is -0.494 e. The van der Waals surface area contributed by atoms with E-state index in [4.69, 9.17) is 13.9 Å². The van der Waals surface area contributed by atoms with Crippen molar-refractivity contribution in [2.24, 2.45) is 0 Å². The van der Waals surface area contributed by atoms with Gasteiger partial charge in [0.2, 0.25) is 5.78 Å². The lowest BCUT2D eigenvalue weighted by Crippen LogP contribution is -2.09. The molecule has 0 saturated heterocycles. The van der Waals surface area contributed by atoms with Crippen LogP contribution in [0.5, 0.6) is 11.5 Å². The van der Waals surface area contributed by atoms with Crippen LogP contribution in [0.2, 0.25) is 0 Å². The molecule has 11 heteroatoms. The lowest BCUT2D eigenvalue weighted by molar-refractivity contribution is -0.385. The number of hydrogen-bond acceptors (Lipinski definition) is 8. The van der Waals surface area contributed by atoms with Gasteiger partial charge >= 0.3 is 0 Å². The molecule has 0 N–H and O–H groups in total. The third-order valence-electron chi connectivity index (χ3n) is 5.26. The number of rotatable bonds is 7. The molecule has 4 rings (SSSR count). The average Bonchev–Trinajstić information content (AvgIpc) is 3.24. The van der Waals surface area contributed by atoms with Crippen molar-refractivity contribution in [3.63, 3.8) is 0 Å². The molecule has 0 fully saturated rings. The number of furan rings is 1. The van der Waals surface area contributed by atoms with E-state index in [-0.39, 0.29) is 46.3 Å². The number of ketones is 1. The fraction of sp³-hybridized carbons (Fsp3) is 0.174. The molecule has 2 aromatic carbocycles. The Bertz CT molecular complexity index is 1420. The summed E-state index contributed by atoms with van der Waals surface area (Å²) in [6, 6.07) is 6.92. The zero-order chi connectivity index (χ0) is 24.6. The molecular weight excluding hydrogens is 452 g/mol. The number of carbonyl (C=O) groups is 1. The van der Waals surface area contributed by atoms with Crippen molar-refractivity contribution in [1.82, 2.24) is 9.97 Å². The zero-order valence-electron chi connectivity index (χ0n) is 18.2. The molecule has 0 aliphatic heterocycles. The van der Waals surface area contributed by atoms with Gasteiger partial charge in [-0.05, 0) is 12.5 Å². The van der Waals surface area contributed by atoms with Crippen molar-refractivity contribution in [3.05, 3.63) is 86.6 Å². The van der Waals surface area contributed by atoms with E-state index < -0.39 is 27.9 Å². The molecule has 0 spiro atoms. The number of benzene rings is 2. The van der Waals surface area contributed by atoms with E-state index in [1.54, 1.807) is 19.1 Å². The van der Waals surface area contributed by atoms with Crippen LogP contribution in [0.3, 0.4) is 0 Å². The van der Waals surface area contributed by atoms with E-state index in [1.165, 1.54) is 32.5 Å².